The highest BCUT2D eigenvalue weighted by atomic mass is 16.5. The summed E-state index contributed by atoms with van der Waals surface area (Å²) in [6.45, 7) is 6.74. The number of para-hydroxylation sites is 1. The van der Waals surface area contributed by atoms with E-state index in [0.717, 1.165) is 31.5 Å². The van der Waals surface area contributed by atoms with E-state index in [1.165, 1.54) is 0 Å². The lowest BCUT2D eigenvalue weighted by atomic mass is 9.96. The van der Waals surface area contributed by atoms with E-state index in [9.17, 15) is 24.6 Å². The predicted molar refractivity (Wildman–Crippen MR) is 152 cm³/mol. The zero-order valence-corrected chi connectivity index (χ0v) is 23.4. The minimum atomic E-state index is -0.963. The Labute approximate surface area is 235 Å². The van der Waals surface area contributed by atoms with Crippen molar-refractivity contribution in [3.8, 4) is 5.75 Å². The van der Waals surface area contributed by atoms with Gasteiger partial charge in [-0.2, -0.15) is 0 Å². The van der Waals surface area contributed by atoms with Crippen molar-refractivity contribution in [2.45, 2.75) is 45.4 Å². The van der Waals surface area contributed by atoms with Crippen LogP contribution >= 0.6 is 0 Å². The number of nitrogens with one attached hydrogen (secondary N) is 2. The van der Waals surface area contributed by atoms with Gasteiger partial charge in [-0.15, -0.1) is 0 Å². The number of anilines is 1. The second-order valence-electron chi connectivity index (χ2n) is 11.0. The molecule has 0 spiro atoms. The van der Waals surface area contributed by atoms with Crippen LogP contribution in [0.2, 0.25) is 0 Å². The molecule has 0 saturated carbocycles. The first-order chi connectivity index (χ1) is 19.2. The molecule has 0 radical (unpaired) electrons. The zero-order chi connectivity index (χ0) is 28.8. The predicted octanol–water partition coefficient (Wildman–Crippen LogP) is 2.68. The van der Waals surface area contributed by atoms with Crippen LogP contribution in [0.1, 0.15) is 53.0 Å². The van der Waals surface area contributed by atoms with Gasteiger partial charge in [0.05, 0.1) is 29.5 Å². The molecule has 4 N–H and O–H groups in total. The summed E-state index contributed by atoms with van der Waals surface area (Å²) in [5.74, 6) is -1.14. The molecule has 4 rings (SSSR count). The van der Waals surface area contributed by atoms with Crippen molar-refractivity contribution in [3.05, 3.63) is 59.2 Å². The lowest BCUT2D eigenvalue weighted by molar-refractivity contribution is -0.120. The molecule has 2 aromatic rings. The van der Waals surface area contributed by atoms with Crippen LogP contribution in [-0.2, 0) is 11.3 Å². The van der Waals surface area contributed by atoms with Gasteiger partial charge >= 0.3 is 5.97 Å². The van der Waals surface area contributed by atoms with Crippen LogP contribution in [0.5, 0.6) is 5.75 Å². The molecular formula is C30H40N4O6. The molecule has 2 aliphatic rings. The van der Waals surface area contributed by atoms with Gasteiger partial charge < -0.3 is 30.5 Å². The number of rotatable bonds is 9. The summed E-state index contributed by atoms with van der Waals surface area (Å²) in [6, 6.07) is 11.6. The van der Waals surface area contributed by atoms with Crippen LogP contribution < -0.4 is 15.4 Å². The number of ether oxygens (including phenoxy) is 1. The van der Waals surface area contributed by atoms with E-state index in [1.54, 1.807) is 47.4 Å². The third-order valence-corrected chi connectivity index (χ3v) is 7.80. The number of likely N-dealkylation sites (N-methyl/N-ethyl adjacent to an activating group) is 1. The smallest absolute Gasteiger partial charge is 0.335 e. The normalized spacial score (nSPS) is 20.7. The summed E-state index contributed by atoms with van der Waals surface area (Å²) in [6.07, 6.45) is 1.17. The van der Waals surface area contributed by atoms with E-state index < -0.39 is 5.97 Å². The number of aliphatic hydroxyl groups is 1. The number of carboxylic acids is 1. The minimum Gasteiger partial charge on any atom is -0.486 e. The van der Waals surface area contributed by atoms with Gasteiger partial charge in [-0.3, -0.25) is 14.5 Å². The summed E-state index contributed by atoms with van der Waals surface area (Å²) in [4.78, 5) is 41.8. The number of piperidine rings is 1. The average Bonchev–Trinajstić information content (AvgIpc) is 2.95. The molecule has 10 nitrogen and oxygen atoms in total. The Hall–Kier alpha value is -3.47. The van der Waals surface area contributed by atoms with E-state index in [1.807, 2.05) is 20.9 Å². The number of aromatic carboxylic acids is 1. The zero-order valence-electron chi connectivity index (χ0n) is 23.4. The van der Waals surface area contributed by atoms with Crippen LogP contribution in [-0.4, -0.2) is 89.8 Å². The Bertz CT molecular complexity index is 1200. The molecular weight excluding hydrogens is 512 g/mol. The highest BCUT2D eigenvalue weighted by Gasteiger charge is 2.35. The Morgan fingerprint density at radius 3 is 2.52 bits per heavy atom. The molecule has 3 atom stereocenters. The quantitative estimate of drug-likeness (QED) is 0.374. The minimum absolute atomic E-state index is 0.0832. The molecule has 2 heterocycles. The molecule has 0 aromatic heterocycles. The first-order valence-corrected chi connectivity index (χ1v) is 13.9. The second-order valence-corrected chi connectivity index (χ2v) is 11.0. The van der Waals surface area contributed by atoms with Crippen LogP contribution in [0.3, 0.4) is 0 Å². The topological polar surface area (TPSA) is 131 Å². The molecule has 40 heavy (non-hydrogen) atoms. The van der Waals surface area contributed by atoms with E-state index in [0.29, 0.717) is 36.6 Å². The van der Waals surface area contributed by atoms with E-state index >= 15 is 0 Å². The Morgan fingerprint density at radius 1 is 1.18 bits per heavy atom. The standard InChI is InChI=1S/C30H40N4O6/c1-19-15-34(20(2)18-35)29(37)24-5-4-6-25(32-28(36)22-11-13-31-14-12-22)27(24)40-26(19)17-33(3)16-21-7-9-23(10-8-21)30(38)39/h4-10,19-20,22,26,31,35H,11-18H2,1-3H3,(H,32,36)(H,38,39). The highest BCUT2D eigenvalue weighted by molar-refractivity contribution is 6.02. The largest absolute Gasteiger partial charge is 0.486 e. The summed E-state index contributed by atoms with van der Waals surface area (Å²) < 4.78 is 6.60. The lowest BCUT2D eigenvalue weighted by Gasteiger charge is -2.38. The maximum Gasteiger partial charge on any atom is 0.335 e. The monoisotopic (exact) mass is 552 g/mol. The average molecular weight is 553 g/mol. The number of amides is 2. The summed E-state index contributed by atoms with van der Waals surface area (Å²) in [5.41, 5.74) is 2.03. The molecule has 2 amide bonds. The second kappa shape index (κ2) is 13.3. The van der Waals surface area contributed by atoms with E-state index in [4.69, 9.17) is 4.74 Å². The number of carboxylic acid groups (broad SMARTS) is 1. The van der Waals surface area contributed by atoms with Crippen molar-refractivity contribution in [3.63, 3.8) is 0 Å². The van der Waals surface area contributed by atoms with Crippen molar-refractivity contribution in [1.82, 2.24) is 15.1 Å². The molecule has 10 heteroatoms. The van der Waals surface area contributed by atoms with Gasteiger partial charge in [0.25, 0.3) is 5.91 Å². The number of carbonyl (C=O) groups excluding carboxylic acids is 2. The van der Waals surface area contributed by atoms with Crippen LogP contribution in [0, 0.1) is 11.8 Å². The van der Waals surface area contributed by atoms with E-state index in [-0.39, 0.29) is 48.0 Å². The van der Waals surface area contributed by atoms with Crippen molar-refractivity contribution < 1.29 is 29.3 Å². The molecule has 216 valence electrons. The summed E-state index contributed by atoms with van der Waals surface area (Å²) in [5, 5.41) is 25.4. The highest BCUT2D eigenvalue weighted by Crippen LogP contribution is 2.35. The van der Waals surface area contributed by atoms with Crippen molar-refractivity contribution in [2.75, 3.05) is 45.2 Å². The van der Waals surface area contributed by atoms with Gasteiger partial charge in [-0.25, -0.2) is 4.79 Å². The number of fused-ring (bicyclic) bond motifs is 1. The van der Waals surface area contributed by atoms with Gasteiger partial charge in [-0.1, -0.05) is 25.1 Å². The maximum atomic E-state index is 13.7. The Balaban J connectivity index is 1.60. The molecule has 0 bridgehead atoms. The van der Waals surface area contributed by atoms with Gasteiger partial charge in [0.1, 0.15) is 6.10 Å². The lowest BCUT2D eigenvalue weighted by Crippen LogP contribution is -2.49. The molecule has 1 saturated heterocycles. The van der Waals surface area contributed by atoms with Crippen LogP contribution in [0.15, 0.2) is 42.5 Å². The van der Waals surface area contributed by atoms with Crippen molar-refractivity contribution in [1.29, 1.82) is 0 Å². The SMILES string of the molecule is CC1CN(C(C)CO)C(=O)c2cccc(NC(=O)C3CCNCC3)c2OC1CN(C)Cc1ccc(C(=O)O)cc1. The number of aliphatic hydroxyl groups excluding tert-OH is 1. The van der Waals surface area contributed by atoms with Crippen molar-refractivity contribution in [2.24, 2.45) is 11.8 Å². The van der Waals surface area contributed by atoms with E-state index in [2.05, 4.69) is 15.5 Å². The van der Waals surface area contributed by atoms with Gasteiger partial charge in [0.15, 0.2) is 5.75 Å². The van der Waals surface area contributed by atoms with Gasteiger partial charge in [-0.05, 0) is 69.7 Å². The number of hydrogen-bond acceptors (Lipinski definition) is 7. The Morgan fingerprint density at radius 2 is 1.88 bits per heavy atom. The number of nitrogens with zero attached hydrogens (tertiary/aromatic N) is 2. The first-order valence-electron chi connectivity index (χ1n) is 13.9. The van der Waals surface area contributed by atoms with Crippen LogP contribution in [0.25, 0.3) is 0 Å². The molecule has 1 fully saturated rings. The maximum absolute atomic E-state index is 13.7. The fourth-order valence-corrected chi connectivity index (χ4v) is 5.31. The molecule has 0 aliphatic carbocycles. The Kier molecular flexibility index (Phi) is 9.78. The van der Waals surface area contributed by atoms with Crippen LogP contribution in [0.4, 0.5) is 5.69 Å². The fraction of sp³-hybridized carbons (Fsp3) is 0.500. The number of hydrogen-bond donors (Lipinski definition) is 4. The van der Waals surface area contributed by atoms with Gasteiger partial charge in [0.2, 0.25) is 5.91 Å². The molecule has 3 unspecified atom stereocenters. The van der Waals surface area contributed by atoms with Crippen molar-refractivity contribution >= 4 is 23.5 Å². The van der Waals surface area contributed by atoms with Gasteiger partial charge in [0, 0.05) is 31.5 Å². The molecule has 2 aromatic carbocycles. The molecule has 2 aliphatic heterocycles. The first kappa shape index (κ1) is 29.5. The summed E-state index contributed by atoms with van der Waals surface area (Å²) in [7, 11) is 1.96. The number of carbonyl (C=O) groups is 3. The third kappa shape index (κ3) is 6.99. The third-order valence-electron chi connectivity index (χ3n) is 7.80. The fourth-order valence-electron chi connectivity index (χ4n) is 5.31. The summed E-state index contributed by atoms with van der Waals surface area (Å²) >= 11 is 0. The number of benzene rings is 2.